The van der Waals surface area contributed by atoms with Crippen LogP contribution in [0, 0.1) is 0 Å². The Kier molecular flexibility index (Phi) is 17.7. The van der Waals surface area contributed by atoms with Crippen LogP contribution < -0.4 is 10.8 Å². The van der Waals surface area contributed by atoms with Gasteiger partial charge in [-0.3, -0.25) is 19.6 Å². The number of nitrogens with one attached hydrogen (secondary N) is 2. The number of rotatable bonds is 17. The smallest absolute Gasteiger partial charge is 0.303 e. The molecule has 0 bridgehead atoms. The molecular formula is C26H42N2O5S. The second kappa shape index (κ2) is 19.0. The van der Waals surface area contributed by atoms with E-state index >= 15 is 0 Å². The summed E-state index contributed by atoms with van der Waals surface area (Å²) in [4.78, 5) is 34.4. The van der Waals surface area contributed by atoms with Crippen LogP contribution in [0.1, 0.15) is 79.6 Å². The summed E-state index contributed by atoms with van der Waals surface area (Å²) < 4.78 is 0. The zero-order chi connectivity index (χ0) is 25.9. The summed E-state index contributed by atoms with van der Waals surface area (Å²) in [5.41, 5.74) is 6.87. The Labute approximate surface area is 208 Å². The van der Waals surface area contributed by atoms with Gasteiger partial charge in [0.05, 0.1) is 6.42 Å². The van der Waals surface area contributed by atoms with Crippen molar-refractivity contribution < 1.29 is 24.7 Å². The lowest BCUT2D eigenvalue weighted by Gasteiger charge is -2.16. The molecular weight excluding hydrogens is 452 g/mol. The van der Waals surface area contributed by atoms with Gasteiger partial charge < -0.3 is 10.4 Å². The number of hydrogen-bond donors (Lipinski definition) is 4. The lowest BCUT2D eigenvalue weighted by atomic mass is 10.0. The maximum atomic E-state index is 11.9. The van der Waals surface area contributed by atoms with Gasteiger partial charge >= 0.3 is 5.97 Å². The number of hydroxylamine groups is 1. The maximum Gasteiger partial charge on any atom is 0.303 e. The van der Waals surface area contributed by atoms with Crippen LogP contribution in [0.2, 0.25) is 0 Å². The lowest BCUT2D eigenvalue weighted by Crippen LogP contribution is -2.47. The minimum Gasteiger partial charge on any atom is -0.481 e. The van der Waals surface area contributed by atoms with Crippen LogP contribution in [0.15, 0.2) is 46.6 Å². The van der Waals surface area contributed by atoms with Crippen LogP contribution in [0.5, 0.6) is 0 Å². The maximum absolute atomic E-state index is 11.9. The number of allylic oxidation sites excluding steroid dienone is 7. The first-order valence-corrected chi connectivity index (χ1v) is 12.8. The van der Waals surface area contributed by atoms with Crippen molar-refractivity contribution in [3.05, 3.63) is 46.6 Å². The van der Waals surface area contributed by atoms with Crippen LogP contribution in [-0.2, 0) is 14.4 Å². The number of aliphatic carboxylic acids is 1. The zero-order valence-electron chi connectivity index (χ0n) is 21.3. The fourth-order valence-corrected chi connectivity index (χ4v) is 3.89. The van der Waals surface area contributed by atoms with E-state index in [1.807, 2.05) is 0 Å². The van der Waals surface area contributed by atoms with Gasteiger partial charge in [-0.25, -0.2) is 5.48 Å². The first kappa shape index (κ1) is 31.7. The fraction of sp³-hybridized carbons (Fsp3) is 0.577. The van der Waals surface area contributed by atoms with E-state index in [2.05, 4.69) is 64.2 Å². The van der Waals surface area contributed by atoms with Gasteiger partial charge in [0, 0.05) is 17.9 Å². The van der Waals surface area contributed by atoms with Crippen molar-refractivity contribution in [1.29, 1.82) is 0 Å². The molecule has 7 nitrogen and oxygen atoms in total. The molecule has 1 unspecified atom stereocenters. The Morgan fingerprint density at radius 3 is 2.09 bits per heavy atom. The van der Waals surface area contributed by atoms with Gasteiger partial charge in [0.15, 0.2) is 0 Å². The highest BCUT2D eigenvalue weighted by atomic mass is 32.2. The van der Waals surface area contributed by atoms with E-state index in [1.54, 1.807) is 5.48 Å². The Hall–Kier alpha value is -2.32. The Bertz CT molecular complexity index is 776. The van der Waals surface area contributed by atoms with Gasteiger partial charge in [-0.05, 0) is 66.7 Å². The summed E-state index contributed by atoms with van der Waals surface area (Å²) in [6.07, 6.45) is 13.3. The zero-order valence-corrected chi connectivity index (χ0v) is 22.1. The molecule has 0 saturated heterocycles. The minimum absolute atomic E-state index is 0.219. The van der Waals surface area contributed by atoms with Crippen molar-refractivity contribution >= 4 is 29.5 Å². The van der Waals surface area contributed by atoms with Crippen LogP contribution in [0.3, 0.4) is 0 Å². The molecule has 8 heteroatoms. The molecule has 0 spiro atoms. The van der Waals surface area contributed by atoms with E-state index in [9.17, 15) is 14.4 Å². The highest BCUT2D eigenvalue weighted by molar-refractivity contribution is 7.99. The molecule has 192 valence electrons. The third-order valence-electron chi connectivity index (χ3n) is 4.92. The molecule has 0 aliphatic rings. The summed E-state index contributed by atoms with van der Waals surface area (Å²) in [7, 11) is 0. The topological polar surface area (TPSA) is 116 Å². The average Bonchev–Trinajstić information content (AvgIpc) is 2.76. The number of carboxylic acid groups (broad SMARTS) is 1. The van der Waals surface area contributed by atoms with Crippen molar-refractivity contribution in [2.75, 3.05) is 11.5 Å². The highest BCUT2D eigenvalue weighted by Crippen LogP contribution is 2.17. The average molecular weight is 495 g/mol. The third kappa shape index (κ3) is 18.1. The van der Waals surface area contributed by atoms with E-state index in [1.165, 1.54) is 34.1 Å². The minimum atomic E-state index is -1.08. The molecule has 0 aromatic heterocycles. The van der Waals surface area contributed by atoms with Gasteiger partial charge in [0.1, 0.15) is 6.04 Å². The SMILES string of the molecule is CC(C)=CCC/C(C)=C/CC/C(=C/CSCC(NC(=O)CCC(=O)O)C(=O)NO)CC=C(C)C. The highest BCUT2D eigenvalue weighted by Gasteiger charge is 2.20. The molecule has 0 aromatic carbocycles. The lowest BCUT2D eigenvalue weighted by molar-refractivity contribution is -0.139. The predicted molar refractivity (Wildman–Crippen MR) is 140 cm³/mol. The molecule has 0 aliphatic carbocycles. The summed E-state index contributed by atoms with van der Waals surface area (Å²) in [5, 5.41) is 20.1. The molecule has 2 amide bonds. The Morgan fingerprint density at radius 2 is 1.50 bits per heavy atom. The van der Waals surface area contributed by atoms with Crippen LogP contribution in [0.4, 0.5) is 0 Å². The number of hydrogen-bond acceptors (Lipinski definition) is 5. The summed E-state index contributed by atoms with van der Waals surface area (Å²) >= 11 is 1.47. The standard InChI is InChI=1S/C26H42N2O5S/c1-19(2)8-6-9-21(5)10-7-11-22(13-12-20(3)4)16-17-34-18-23(26(32)28-33)27-24(29)14-15-25(30)31/h8,10,12,16,23,33H,6-7,9,11,13-15,17-18H2,1-5H3,(H,27,29)(H,28,32)(H,30,31)/b21-10+,22-16-. The molecule has 0 heterocycles. The predicted octanol–water partition coefficient (Wildman–Crippen LogP) is 5.33. The van der Waals surface area contributed by atoms with Crippen LogP contribution >= 0.6 is 11.8 Å². The van der Waals surface area contributed by atoms with E-state index < -0.39 is 23.8 Å². The number of carbonyl (C=O) groups excluding carboxylic acids is 2. The molecule has 34 heavy (non-hydrogen) atoms. The second-order valence-corrected chi connectivity index (χ2v) is 9.86. The van der Waals surface area contributed by atoms with Crippen molar-refractivity contribution in [3.8, 4) is 0 Å². The quantitative estimate of drug-likeness (QED) is 0.0940. The Balaban J connectivity index is 4.85. The molecule has 4 N–H and O–H groups in total. The monoisotopic (exact) mass is 494 g/mol. The van der Waals surface area contributed by atoms with Crippen molar-refractivity contribution in [2.24, 2.45) is 0 Å². The number of carbonyl (C=O) groups is 3. The summed E-state index contributed by atoms with van der Waals surface area (Å²) in [6.45, 7) is 10.5. The van der Waals surface area contributed by atoms with Gasteiger partial charge in [0.2, 0.25) is 5.91 Å². The van der Waals surface area contributed by atoms with Crippen molar-refractivity contribution in [1.82, 2.24) is 10.8 Å². The molecule has 0 aliphatic heterocycles. The van der Waals surface area contributed by atoms with E-state index in [0.717, 1.165) is 32.1 Å². The van der Waals surface area contributed by atoms with Gasteiger partial charge in [-0.2, -0.15) is 11.8 Å². The van der Waals surface area contributed by atoms with E-state index in [-0.39, 0.29) is 18.6 Å². The number of amides is 2. The van der Waals surface area contributed by atoms with Crippen LogP contribution in [0.25, 0.3) is 0 Å². The molecule has 1 atom stereocenters. The normalized spacial score (nSPS) is 12.5. The Morgan fingerprint density at radius 1 is 0.853 bits per heavy atom. The van der Waals surface area contributed by atoms with Crippen LogP contribution in [-0.4, -0.2) is 45.6 Å². The van der Waals surface area contributed by atoms with Crippen molar-refractivity contribution in [2.45, 2.75) is 85.6 Å². The molecule has 0 aromatic rings. The number of thioether (sulfide) groups is 1. The molecule has 0 rings (SSSR count). The summed E-state index contributed by atoms with van der Waals surface area (Å²) in [6, 6.07) is -0.933. The summed E-state index contributed by atoms with van der Waals surface area (Å²) in [5.74, 6) is -1.42. The molecule has 0 saturated carbocycles. The van der Waals surface area contributed by atoms with E-state index in [0.29, 0.717) is 5.75 Å². The largest absolute Gasteiger partial charge is 0.481 e. The van der Waals surface area contributed by atoms with Gasteiger partial charge in [0.25, 0.3) is 5.91 Å². The van der Waals surface area contributed by atoms with Crippen molar-refractivity contribution in [3.63, 3.8) is 0 Å². The second-order valence-electron chi connectivity index (χ2n) is 8.78. The first-order chi connectivity index (χ1) is 16.0. The molecule has 0 radical (unpaired) electrons. The van der Waals surface area contributed by atoms with Gasteiger partial charge in [-0.15, -0.1) is 0 Å². The number of carboxylic acids is 1. The van der Waals surface area contributed by atoms with E-state index in [4.69, 9.17) is 10.3 Å². The molecule has 0 fully saturated rings. The third-order valence-corrected chi connectivity index (χ3v) is 5.90. The van der Waals surface area contributed by atoms with Gasteiger partial charge in [-0.1, -0.05) is 46.6 Å². The first-order valence-electron chi connectivity index (χ1n) is 11.7. The fourth-order valence-electron chi connectivity index (χ4n) is 2.93.